The van der Waals surface area contributed by atoms with Crippen molar-refractivity contribution in [2.24, 2.45) is 0 Å². The van der Waals surface area contributed by atoms with Crippen LogP contribution in [-0.2, 0) is 0 Å². The number of para-hydroxylation sites is 2. The van der Waals surface area contributed by atoms with Gasteiger partial charge in [-0.15, -0.1) is 0 Å². The van der Waals surface area contributed by atoms with E-state index in [4.69, 9.17) is 9.72 Å². The molecule has 3 aromatic carbocycles. The lowest BCUT2D eigenvalue weighted by Gasteiger charge is -2.27. The number of ether oxygens (including phenoxy) is 1. The molecule has 4 aromatic rings. The van der Waals surface area contributed by atoms with Gasteiger partial charge in [-0.3, -0.25) is 4.57 Å². The van der Waals surface area contributed by atoms with E-state index in [1.54, 1.807) is 13.2 Å². The molecule has 6 heteroatoms. The highest BCUT2D eigenvalue weighted by atomic mass is 79.9. The Morgan fingerprint density at radius 1 is 1.07 bits per heavy atom. The Morgan fingerprint density at radius 3 is 2.79 bits per heavy atom. The monoisotopic (exact) mass is 449 g/mol. The Morgan fingerprint density at radius 2 is 1.93 bits per heavy atom. The standard InChI is InChI=1S/C23H17BrFN3O/c1-29-16-6-4-5-14(11-16)20-13-22(17-12-15(24)9-10-18(17)25)28-21-8-3-2-7-19(21)26-23(28)27-20/h2-13,22H,1H3,(H,26,27)/t22-/m0/s1. The zero-order valence-corrected chi connectivity index (χ0v) is 17.2. The molecule has 1 aromatic heterocycles. The summed E-state index contributed by atoms with van der Waals surface area (Å²) < 4.78 is 23.1. The lowest BCUT2D eigenvalue weighted by atomic mass is 10.0. The van der Waals surface area contributed by atoms with Crippen molar-refractivity contribution in [3.63, 3.8) is 0 Å². The predicted molar refractivity (Wildman–Crippen MR) is 117 cm³/mol. The van der Waals surface area contributed by atoms with E-state index >= 15 is 0 Å². The number of imidazole rings is 1. The van der Waals surface area contributed by atoms with Crippen LogP contribution in [0.25, 0.3) is 16.7 Å². The van der Waals surface area contributed by atoms with Crippen LogP contribution in [0, 0.1) is 5.82 Å². The molecule has 0 saturated heterocycles. The van der Waals surface area contributed by atoms with Gasteiger partial charge in [0.1, 0.15) is 11.6 Å². The van der Waals surface area contributed by atoms with Gasteiger partial charge in [0.05, 0.1) is 24.2 Å². The summed E-state index contributed by atoms with van der Waals surface area (Å²) in [5.41, 5.74) is 4.18. The molecule has 0 saturated carbocycles. The van der Waals surface area contributed by atoms with E-state index in [9.17, 15) is 4.39 Å². The number of rotatable bonds is 3. The number of fused-ring (bicyclic) bond motifs is 3. The van der Waals surface area contributed by atoms with Crippen LogP contribution in [0.1, 0.15) is 17.2 Å². The van der Waals surface area contributed by atoms with E-state index in [2.05, 4.69) is 21.2 Å². The summed E-state index contributed by atoms with van der Waals surface area (Å²) >= 11 is 3.48. The van der Waals surface area contributed by atoms with Crippen LogP contribution < -0.4 is 10.1 Å². The van der Waals surface area contributed by atoms with E-state index in [0.29, 0.717) is 11.5 Å². The predicted octanol–water partition coefficient (Wildman–Crippen LogP) is 6.00. The van der Waals surface area contributed by atoms with Crippen molar-refractivity contribution in [2.45, 2.75) is 6.04 Å². The molecule has 1 aliphatic heterocycles. The topological polar surface area (TPSA) is 39.1 Å². The molecule has 144 valence electrons. The molecule has 0 unspecified atom stereocenters. The van der Waals surface area contributed by atoms with Crippen LogP contribution in [0.3, 0.4) is 0 Å². The number of hydrogen-bond donors (Lipinski definition) is 1. The highest BCUT2D eigenvalue weighted by Crippen LogP contribution is 2.38. The smallest absolute Gasteiger partial charge is 0.209 e. The Kier molecular flexibility index (Phi) is 4.36. The van der Waals surface area contributed by atoms with Gasteiger partial charge in [-0.2, -0.15) is 0 Å². The molecule has 0 aliphatic carbocycles. The molecule has 0 fully saturated rings. The summed E-state index contributed by atoms with van der Waals surface area (Å²) in [5.74, 6) is 1.18. The maximum atomic E-state index is 14.9. The van der Waals surface area contributed by atoms with Crippen molar-refractivity contribution in [1.29, 1.82) is 0 Å². The minimum Gasteiger partial charge on any atom is -0.497 e. The molecule has 4 nitrogen and oxygen atoms in total. The first-order chi connectivity index (χ1) is 14.1. The normalized spacial score (nSPS) is 15.6. The SMILES string of the molecule is COc1cccc(C2=C[C@@H](c3cc(Br)ccc3F)n3c(nc4ccccc43)N2)c1. The van der Waals surface area contributed by atoms with Gasteiger partial charge in [0.15, 0.2) is 0 Å². The highest BCUT2D eigenvalue weighted by Gasteiger charge is 2.27. The molecule has 0 bridgehead atoms. The second-order valence-electron chi connectivity index (χ2n) is 6.84. The molecule has 0 amide bonds. The van der Waals surface area contributed by atoms with Crippen LogP contribution in [-0.4, -0.2) is 16.7 Å². The fraction of sp³-hybridized carbons (Fsp3) is 0.0870. The zero-order chi connectivity index (χ0) is 20.0. The fourth-order valence-electron chi connectivity index (χ4n) is 3.74. The first-order valence-corrected chi connectivity index (χ1v) is 9.98. The molecule has 2 heterocycles. The molecule has 1 N–H and O–H groups in total. The summed E-state index contributed by atoms with van der Waals surface area (Å²) in [6, 6.07) is 20.3. The van der Waals surface area contributed by atoms with Crippen LogP contribution in [0.15, 0.2) is 77.3 Å². The first kappa shape index (κ1) is 17.9. The van der Waals surface area contributed by atoms with E-state index < -0.39 is 0 Å². The summed E-state index contributed by atoms with van der Waals surface area (Å²) in [6.45, 7) is 0. The maximum Gasteiger partial charge on any atom is 0.209 e. The number of hydrogen-bond acceptors (Lipinski definition) is 3. The van der Waals surface area contributed by atoms with E-state index in [0.717, 1.165) is 32.5 Å². The Balaban J connectivity index is 1.74. The van der Waals surface area contributed by atoms with Gasteiger partial charge in [-0.05, 0) is 48.5 Å². The third-order valence-corrected chi connectivity index (χ3v) is 5.60. The van der Waals surface area contributed by atoms with Gasteiger partial charge in [0, 0.05) is 21.3 Å². The molecule has 0 spiro atoms. The van der Waals surface area contributed by atoms with Crippen LogP contribution in [0.2, 0.25) is 0 Å². The van der Waals surface area contributed by atoms with Crippen LogP contribution in [0.4, 0.5) is 10.3 Å². The molecular weight excluding hydrogens is 433 g/mol. The van der Waals surface area contributed by atoms with Crippen molar-refractivity contribution in [3.05, 3.63) is 94.2 Å². The summed E-state index contributed by atoms with van der Waals surface area (Å²) in [4.78, 5) is 4.75. The quantitative estimate of drug-likeness (QED) is 0.416. The number of allylic oxidation sites excluding steroid dienone is 1. The van der Waals surface area contributed by atoms with Gasteiger partial charge in [-0.1, -0.05) is 40.2 Å². The van der Waals surface area contributed by atoms with E-state index in [1.807, 2.05) is 65.2 Å². The fourth-order valence-corrected chi connectivity index (χ4v) is 4.12. The molecule has 0 radical (unpaired) electrons. The van der Waals surface area contributed by atoms with Gasteiger partial charge in [-0.25, -0.2) is 9.37 Å². The number of benzene rings is 3. The second kappa shape index (κ2) is 7.04. The number of aromatic nitrogens is 2. The number of nitrogens with one attached hydrogen (secondary N) is 1. The summed E-state index contributed by atoms with van der Waals surface area (Å²) in [7, 11) is 1.64. The summed E-state index contributed by atoms with van der Waals surface area (Å²) in [6.07, 6.45) is 2.03. The molecule has 1 aliphatic rings. The van der Waals surface area contributed by atoms with Gasteiger partial charge in [0.2, 0.25) is 5.95 Å². The minimum absolute atomic E-state index is 0.259. The number of nitrogens with zero attached hydrogens (tertiary/aromatic N) is 2. The Bertz CT molecular complexity index is 1260. The molecule has 5 rings (SSSR count). The lowest BCUT2D eigenvalue weighted by molar-refractivity contribution is 0.414. The first-order valence-electron chi connectivity index (χ1n) is 9.19. The van der Waals surface area contributed by atoms with Crippen LogP contribution >= 0.6 is 15.9 Å². The number of methoxy groups -OCH3 is 1. The average Bonchev–Trinajstić information content (AvgIpc) is 3.13. The Labute approximate surface area is 175 Å². The van der Waals surface area contributed by atoms with Crippen molar-refractivity contribution in [3.8, 4) is 5.75 Å². The van der Waals surface area contributed by atoms with Gasteiger partial charge < -0.3 is 10.1 Å². The third-order valence-electron chi connectivity index (χ3n) is 5.10. The van der Waals surface area contributed by atoms with Gasteiger partial charge >= 0.3 is 0 Å². The average molecular weight is 450 g/mol. The molecular formula is C23H17BrFN3O. The van der Waals surface area contributed by atoms with Gasteiger partial charge in [0.25, 0.3) is 0 Å². The third kappa shape index (κ3) is 3.09. The van der Waals surface area contributed by atoms with E-state index in [-0.39, 0.29) is 11.9 Å². The van der Waals surface area contributed by atoms with Crippen molar-refractivity contribution in [1.82, 2.24) is 9.55 Å². The van der Waals surface area contributed by atoms with Crippen molar-refractivity contribution >= 4 is 38.6 Å². The van der Waals surface area contributed by atoms with Crippen molar-refractivity contribution in [2.75, 3.05) is 12.4 Å². The lowest BCUT2D eigenvalue weighted by Crippen LogP contribution is -2.20. The summed E-state index contributed by atoms with van der Waals surface area (Å²) in [5, 5.41) is 3.41. The maximum absolute atomic E-state index is 14.9. The largest absolute Gasteiger partial charge is 0.497 e. The molecule has 1 atom stereocenters. The Hall–Kier alpha value is -3.12. The second-order valence-corrected chi connectivity index (χ2v) is 7.76. The van der Waals surface area contributed by atoms with E-state index in [1.165, 1.54) is 6.07 Å². The minimum atomic E-state index is -0.350. The highest BCUT2D eigenvalue weighted by molar-refractivity contribution is 9.10. The van der Waals surface area contributed by atoms with Crippen molar-refractivity contribution < 1.29 is 9.13 Å². The molecule has 29 heavy (non-hydrogen) atoms. The number of anilines is 1. The zero-order valence-electron chi connectivity index (χ0n) is 15.6. The number of halogens is 2. The van der Waals surface area contributed by atoms with Crippen LogP contribution in [0.5, 0.6) is 5.75 Å².